The van der Waals surface area contributed by atoms with Crippen LogP contribution < -0.4 is 4.74 Å². The van der Waals surface area contributed by atoms with Gasteiger partial charge in [-0.15, -0.1) is 0 Å². The van der Waals surface area contributed by atoms with Crippen molar-refractivity contribution in [3.63, 3.8) is 0 Å². The highest BCUT2D eigenvalue weighted by atomic mass is 32.2. The summed E-state index contributed by atoms with van der Waals surface area (Å²) in [4.78, 5) is 0.195. The number of rotatable bonds is 6. The van der Waals surface area contributed by atoms with E-state index in [4.69, 9.17) is 4.74 Å². The van der Waals surface area contributed by atoms with E-state index in [2.05, 4.69) is 10.2 Å². The molecular formula is C14H19N3O3S. The van der Waals surface area contributed by atoms with E-state index >= 15 is 0 Å². The summed E-state index contributed by atoms with van der Waals surface area (Å²) in [7, 11) is -2.00. The molecule has 1 N–H and O–H groups in total. The molecule has 0 atom stereocenters. The minimum Gasteiger partial charge on any atom is -0.492 e. The zero-order valence-corrected chi connectivity index (χ0v) is 13.1. The topological polar surface area (TPSA) is 75.3 Å². The van der Waals surface area contributed by atoms with E-state index in [0.717, 1.165) is 11.3 Å². The first kappa shape index (κ1) is 15.5. The predicted octanol–water partition coefficient (Wildman–Crippen LogP) is 1.73. The molecule has 1 aromatic carbocycles. The maximum absolute atomic E-state index is 12.3. The number of H-pyrrole nitrogens is 1. The van der Waals surface area contributed by atoms with Gasteiger partial charge in [-0.1, -0.05) is 18.2 Å². The van der Waals surface area contributed by atoms with Gasteiger partial charge in [0.05, 0.1) is 11.9 Å². The molecule has 0 saturated carbocycles. The molecular weight excluding hydrogens is 290 g/mol. The standard InChI is InChI=1S/C14H19N3O3S/c1-11-6-4-5-7-13(11)20-9-8-17(3)21(18,19)14-10-15-16-12(14)2/h4-7,10H,8-9H2,1-3H3,(H,15,16). The van der Waals surface area contributed by atoms with Gasteiger partial charge in [-0.2, -0.15) is 9.40 Å². The fraction of sp³-hybridized carbons (Fsp3) is 0.357. The van der Waals surface area contributed by atoms with Gasteiger partial charge in [-0.3, -0.25) is 5.10 Å². The second-order valence-electron chi connectivity index (χ2n) is 4.80. The van der Waals surface area contributed by atoms with Gasteiger partial charge in [-0.25, -0.2) is 8.42 Å². The van der Waals surface area contributed by atoms with Crippen LogP contribution in [-0.2, 0) is 10.0 Å². The molecule has 0 aliphatic carbocycles. The highest BCUT2D eigenvalue weighted by Gasteiger charge is 2.23. The maximum atomic E-state index is 12.3. The van der Waals surface area contributed by atoms with Gasteiger partial charge in [0.15, 0.2) is 0 Å². The number of nitrogens with zero attached hydrogens (tertiary/aromatic N) is 2. The number of para-hydroxylation sites is 1. The Morgan fingerprint density at radius 1 is 1.29 bits per heavy atom. The first-order valence-electron chi connectivity index (χ1n) is 6.57. The number of benzene rings is 1. The summed E-state index contributed by atoms with van der Waals surface area (Å²) in [5, 5.41) is 6.38. The summed E-state index contributed by atoms with van der Waals surface area (Å²) >= 11 is 0. The minimum absolute atomic E-state index is 0.195. The largest absolute Gasteiger partial charge is 0.492 e. The monoisotopic (exact) mass is 309 g/mol. The van der Waals surface area contributed by atoms with E-state index in [0.29, 0.717) is 5.69 Å². The maximum Gasteiger partial charge on any atom is 0.246 e. The molecule has 0 fully saturated rings. The number of aromatic nitrogens is 2. The minimum atomic E-state index is -3.53. The Balaban J connectivity index is 1.98. The molecule has 0 aliphatic heterocycles. The fourth-order valence-electron chi connectivity index (χ4n) is 1.89. The van der Waals surface area contributed by atoms with Crippen LogP contribution in [0.5, 0.6) is 5.75 Å². The molecule has 0 spiro atoms. The number of nitrogens with one attached hydrogen (secondary N) is 1. The van der Waals surface area contributed by atoms with Crippen molar-refractivity contribution in [2.45, 2.75) is 18.7 Å². The van der Waals surface area contributed by atoms with Crippen molar-refractivity contribution in [2.24, 2.45) is 0 Å². The number of aryl methyl sites for hydroxylation is 2. The third-order valence-corrected chi connectivity index (χ3v) is 5.20. The second-order valence-corrected chi connectivity index (χ2v) is 6.81. The third-order valence-electron chi connectivity index (χ3n) is 3.23. The SMILES string of the molecule is Cc1ccccc1OCCN(C)S(=O)(=O)c1cn[nH]c1C. The van der Waals surface area contributed by atoms with Crippen LogP contribution in [0.15, 0.2) is 35.4 Å². The van der Waals surface area contributed by atoms with Crippen LogP contribution in [0.2, 0.25) is 0 Å². The summed E-state index contributed by atoms with van der Waals surface area (Å²) < 4.78 is 31.6. The van der Waals surface area contributed by atoms with E-state index in [1.165, 1.54) is 17.5 Å². The van der Waals surface area contributed by atoms with Crippen molar-refractivity contribution in [1.82, 2.24) is 14.5 Å². The summed E-state index contributed by atoms with van der Waals surface area (Å²) in [5.41, 5.74) is 1.55. The lowest BCUT2D eigenvalue weighted by atomic mass is 10.2. The Morgan fingerprint density at radius 3 is 2.62 bits per heavy atom. The average molecular weight is 309 g/mol. The number of sulfonamides is 1. The summed E-state index contributed by atoms with van der Waals surface area (Å²) in [5.74, 6) is 0.766. The van der Waals surface area contributed by atoms with Gasteiger partial charge >= 0.3 is 0 Å². The number of hydrogen-bond donors (Lipinski definition) is 1. The Morgan fingerprint density at radius 2 is 2.00 bits per heavy atom. The Bertz CT molecular complexity index is 710. The molecule has 0 unspecified atom stereocenters. The molecule has 0 saturated heterocycles. The van der Waals surface area contributed by atoms with E-state index in [-0.39, 0.29) is 18.0 Å². The van der Waals surface area contributed by atoms with Gasteiger partial charge < -0.3 is 4.74 Å². The van der Waals surface area contributed by atoms with Crippen LogP contribution in [0.4, 0.5) is 0 Å². The van der Waals surface area contributed by atoms with Crippen molar-refractivity contribution >= 4 is 10.0 Å². The van der Waals surface area contributed by atoms with E-state index in [1.54, 1.807) is 6.92 Å². The quantitative estimate of drug-likeness (QED) is 0.881. The van der Waals surface area contributed by atoms with Crippen LogP contribution in [0.25, 0.3) is 0 Å². The van der Waals surface area contributed by atoms with Crippen molar-refractivity contribution in [2.75, 3.05) is 20.2 Å². The lowest BCUT2D eigenvalue weighted by molar-refractivity contribution is 0.285. The Hall–Kier alpha value is -1.86. The van der Waals surface area contributed by atoms with E-state index < -0.39 is 10.0 Å². The van der Waals surface area contributed by atoms with Crippen LogP contribution in [-0.4, -0.2) is 43.1 Å². The predicted molar refractivity (Wildman–Crippen MR) is 79.8 cm³/mol. The highest BCUT2D eigenvalue weighted by Crippen LogP contribution is 2.18. The lowest BCUT2D eigenvalue weighted by Crippen LogP contribution is -2.31. The number of hydrogen-bond acceptors (Lipinski definition) is 4. The normalized spacial score (nSPS) is 11.8. The van der Waals surface area contributed by atoms with Gasteiger partial charge in [0.25, 0.3) is 0 Å². The smallest absolute Gasteiger partial charge is 0.246 e. The number of likely N-dealkylation sites (N-methyl/N-ethyl adjacent to an activating group) is 1. The van der Waals surface area contributed by atoms with Crippen molar-refractivity contribution in [1.29, 1.82) is 0 Å². The molecule has 114 valence electrons. The zero-order valence-electron chi connectivity index (χ0n) is 12.3. The molecule has 2 aromatic rings. The van der Waals surface area contributed by atoms with Gasteiger partial charge in [0, 0.05) is 13.6 Å². The lowest BCUT2D eigenvalue weighted by Gasteiger charge is -2.17. The Kier molecular flexibility index (Phi) is 4.64. The molecule has 21 heavy (non-hydrogen) atoms. The first-order valence-corrected chi connectivity index (χ1v) is 8.01. The Labute approximate surface area is 124 Å². The molecule has 1 heterocycles. The first-order chi connectivity index (χ1) is 9.93. The zero-order chi connectivity index (χ0) is 15.5. The number of aromatic amines is 1. The molecule has 2 rings (SSSR count). The van der Waals surface area contributed by atoms with Gasteiger partial charge in [-0.05, 0) is 25.5 Å². The van der Waals surface area contributed by atoms with E-state index in [9.17, 15) is 8.42 Å². The summed E-state index contributed by atoms with van der Waals surface area (Å²) in [6, 6.07) is 7.63. The molecule has 0 aliphatic rings. The van der Waals surface area contributed by atoms with E-state index in [1.807, 2.05) is 31.2 Å². The summed E-state index contributed by atoms with van der Waals surface area (Å²) in [6.07, 6.45) is 1.32. The highest BCUT2D eigenvalue weighted by molar-refractivity contribution is 7.89. The average Bonchev–Trinajstić information content (AvgIpc) is 2.87. The molecule has 7 heteroatoms. The van der Waals surface area contributed by atoms with Crippen LogP contribution in [0.3, 0.4) is 0 Å². The summed E-state index contributed by atoms with van der Waals surface area (Å²) in [6.45, 7) is 4.18. The van der Waals surface area contributed by atoms with Crippen LogP contribution in [0, 0.1) is 13.8 Å². The molecule has 1 aromatic heterocycles. The number of ether oxygens (including phenoxy) is 1. The second kappa shape index (κ2) is 6.28. The molecule has 6 nitrogen and oxygen atoms in total. The fourth-order valence-corrected chi connectivity index (χ4v) is 3.16. The van der Waals surface area contributed by atoms with Gasteiger partial charge in [0.1, 0.15) is 17.3 Å². The van der Waals surface area contributed by atoms with Crippen molar-refractivity contribution < 1.29 is 13.2 Å². The molecule has 0 amide bonds. The molecule has 0 radical (unpaired) electrons. The van der Waals surface area contributed by atoms with Crippen molar-refractivity contribution in [3.05, 3.63) is 41.7 Å². The van der Waals surface area contributed by atoms with Crippen molar-refractivity contribution in [3.8, 4) is 5.75 Å². The van der Waals surface area contributed by atoms with Crippen LogP contribution in [0.1, 0.15) is 11.3 Å². The molecule has 0 bridgehead atoms. The third kappa shape index (κ3) is 3.43. The van der Waals surface area contributed by atoms with Gasteiger partial charge in [0.2, 0.25) is 10.0 Å². The van der Waals surface area contributed by atoms with Crippen LogP contribution >= 0.6 is 0 Å².